The van der Waals surface area contributed by atoms with Crippen LogP contribution in [0.2, 0.25) is 0 Å². The number of rotatable bonds is 6. The van der Waals surface area contributed by atoms with Crippen molar-refractivity contribution in [3.05, 3.63) is 44.9 Å². The Labute approximate surface area is 135 Å². The van der Waals surface area contributed by atoms with Crippen LogP contribution in [0.3, 0.4) is 0 Å². The number of hydrogen-bond donors (Lipinski definition) is 2. The van der Waals surface area contributed by atoms with Gasteiger partial charge in [-0.25, -0.2) is 4.98 Å². The fraction of sp³-hybridized carbons (Fsp3) is 0.385. The Morgan fingerprint density at radius 3 is 2.60 bits per heavy atom. The van der Waals surface area contributed by atoms with Crippen molar-refractivity contribution in [1.29, 1.82) is 0 Å². The first kappa shape index (κ1) is 15.6. The Hall–Kier alpha value is -0.760. The van der Waals surface area contributed by atoms with E-state index >= 15 is 0 Å². The molecular weight excluding hydrogens is 386 g/mol. The standard InChI is InChI=1S/C13H17Br2N5/c1-2-3-20-13(17-8-18-20)7-12(19-16)9-4-10(14)6-11(15)5-9/h4-6,8,12,19H,2-3,7,16H2,1H3. The van der Waals surface area contributed by atoms with Crippen LogP contribution in [0.4, 0.5) is 0 Å². The molecule has 1 heterocycles. The molecule has 0 saturated carbocycles. The molecule has 0 bridgehead atoms. The van der Waals surface area contributed by atoms with Crippen molar-refractivity contribution in [1.82, 2.24) is 20.2 Å². The third-order valence-electron chi connectivity index (χ3n) is 3.01. The normalized spacial score (nSPS) is 12.6. The Balaban J connectivity index is 2.22. The van der Waals surface area contributed by atoms with Gasteiger partial charge in [0.2, 0.25) is 0 Å². The SMILES string of the molecule is CCCn1ncnc1CC(NN)c1cc(Br)cc(Br)c1. The van der Waals surface area contributed by atoms with E-state index in [4.69, 9.17) is 5.84 Å². The molecule has 20 heavy (non-hydrogen) atoms. The zero-order chi connectivity index (χ0) is 14.5. The predicted octanol–water partition coefficient (Wildman–Crippen LogP) is 2.96. The van der Waals surface area contributed by atoms with E-state index < -0.39 is 0 Å². The van der Waals surface area contributed by atoms with Crippen molar-refractivity contribution < 1.29 is 0 Å². The first-order valence-corrected chi connectivity index (χ1v) is 8.01. The lowest BCUT2D eigenvalue weighted by atomic mass is 10.0. The number of aromatic nitrogens is 3. The van der Waals surface area contributed by atoms with E-state index in [1.807, 2.05) is 10.7 Å². The number of nitrogens with two attached hydrogens (primary N) is 1. The van der Waals surface area contributed by atoms with E-state index in [-0.39, 0.29) is 6.04 Å². The average molecular weight is 403 g/mol. The summed E-state index contributed by atoms with van der Waals surface area (Å²) >= 11 is 6.99. The molecule has 5 nitrogen and oxygen atoms in total. The Kier molecular flexibility index (Phi) is 5.71. The van der Waals surface area contributed by atoms with E-state index in [1.165, 1.54) is 0 Å². The van der Waals surface area contributed by atoms with Gasteiger partial charge in [0.1, 0.15) is 12.2 Å². The summed E-state index contributed by atoms with van der Waals surface area (Å²) in [5.41, 5.74) is 3.95. The minimum absolute atomic E-state index is 0.0105. The lowest BCUT2D eigenvalue weighted by Gasteiger charge is -2.17. The molecule has 108 valence electrons. The summed E-state index contributed by atoms with van der Waals surface area (Å²) in [6, 6.07) is 6.09. The van der Waals surface area contributed by atoms with Gasteiger partial charge >= 0.3 is 0 Å². The number of benzene rings is 1. The lowest BCUT2D eigenvalue weighted by Crippen LogP contribution is -2.30. The van der Waals surface area contributed by atoms with Crippen LogP contribution in [-0.2, 0) is 13.0 Å². The fourth-order valence-corrected chi connectivity index (χ4v) is 3.41. The molecule has 0 saturated heterocycles. The van der Waals surface area contributed by atoms with Crippen molar-refractivity contribution >= 4 is 31.9 Å². The molecule has 2 rings (SSSR count). The van der Waals surface area contributed by atoms with Gasteiger partial charge in [0, 0.05) is 21.9 Å². The van der Waals surface area contributed by atoms with Gasteiger partial charge in [0.05, 0.1) is 6.04 Å². The molecule has 1 unspecified atom stereocenters. The highest BCUT2D eigenvalue weighted by molar-refractivity contribution is 9.11. The van der Waals surface area contributed by atoms with Crippen LogP contribution < -0.4 is 11.3 Å². The molecule has 1 aromatic heterocycles. The topological polar surface area (TPSA) is 68.8 Å². The maximum absolute atomic E-state index is 5.71. The molecule has 1 atom stereocenters. The van der Waals surface area contributed by atoms with Crippen molar-refractivity contribution in [3.8, 4) is 0 Å². The quantitative estimate of drug-likeness (QED) is 0.575. The van der Waals surface area contributed by atoms with Crippen LogP contribution in [-0.4, -0.2) is 14.8 Å². The number of nitrogens with zero attached hydrogens (tertiary/aromatic N) is 3. The van der Waals surface area contributed by atoms with Crippen LogP contribution in [0.5, 0.6) is 0 Å². The summed E-state index contributed by atoms with van der Waals surface area (Å²) in [7, 11) is 0. The van der Waals surface area contributed by atoms with Crippen molar-refractivity contribution in [3.63, 3.8) is 0 Å². The second-order valence-corrected chi connectivity index (χ2v) is 6.36. The fourth-order valence-electron chi connectivity index (χ4n) is 2.08. The first-order valence-electron chi connectivity index (χ1n) is 6.42. The number of hydrazine groups is 1. The van der Waals surface area contributed by atoms with Crippen molar-refractivity contribution in [2.75, 3.05) is 0 Å². The molecular formula is C13H17Br2N5. The minimum Gasteiger partial charge on any atom is -0.271 e. The predicted molar refractivity (Wildman–Crippen MR) is 85.9 cm³/mol. The molecule has 2 aromatic rings. The highest BCUT2D eigenvalue weighted by Gasteiger charge is 2.15. The van der Waals surface area contributed by atoms with Gasteiger partial charge in [0.25, 0.3) is 0 Å². The zero-order valence-corrected chi connectivity index (χ0v) is 14.4. The van der Waals surface area contributed by atoms with Gasteiger partial charge in [-0.2, -0.15) is 5.10 Å². The third-order valence-corrected chi connectivity index (χ3v) is 3.92. The van der Waals surface area contributed by atoms with Gasteiger partial charge in [0.15, 0.2) is 0 Å². The smallest absolute Gasteiger partial charge is 0.138 e. The number of aryl methyl sites for hydroxylation is 1. The Morgan fingerprint density at radius 2 is 2.00 bits per heavy atom. The van der Waals surface area contributed by atoms with E-state index in [0.29, 0.717) is 6.42 Å². The van der Waals surface area contributed by atoms with Crippen LogP contribution in [0.1, 0.15) is 30.8 Å². The lowest BCUT2D eigenvalue weighted by molar-refractivity contribution is 0.499. The van der Waals surface area contributed by atoms with Crippen LogP contribution in [0, 0.1) is 0 Å². The molecule has 0 fully saturated rings. The molecule has 0 radical (unpaired) electrons. The largest absolute Gasteiger partial charge is 0.271 e. The molecule has 7 heteroatoms. The number of hydrogen-bond acceptors (Lipinski definition) is 4. The molecule has 0 amide bonds. The summed E-state index contributed by atoms with van der Waals surface area (Å²) in [5.74, 6) is 6.64. The van der Waals surface area contributed by atoms with E-state index in [1.54, 1.807) is 6.33 Å². The molecule has 0 spiro atoms. The first-order chi connectivity index (χ1) is 9.63. The van der Waals surface area contributed by atoms with E-state index in [0.717, 1.165) is 33.3 Å². The van der Waals surface area contributed by atoms with Crippen LogP contribution >= 0.6 is 31.9 Å². The van der Waals surface area contributed by atoms with Gasteiger partial charge in [-0.1, -0.05) is 38.8 Å². The summed E-state index contributed by atoms with van der Waals surface area (Å²) in [4.78, 5) is 4.33. The summed E-state index contributed by atoms with van der Waals surface area (Å²) < 4.78 is 3.95. The minimum atomic E-state index is -0.0105. The monoisotopic (exact) mass is 401 g/mol. The second kappa shape index (κ2) is 7.31. The number of nitrogens with one attached hydrogen (secondary N) is 1. The molecule has 0 aliphatic heterocycles. The van der Waals surface area contributed by atoms with E-state index in [2.05, 4.69) is 66.4 Å². The van der Waals surface area contributed by atoms with Gasteiger partial charge < -0.3 is 0 Å². The van der Waals surface area contributed by atoms with Gasteiger partial charge in [-0.15, -0.1) is 0 Å². The van der Waals surface area contributed by atoms with Crippen molar-refractivity contribution in [2.45, 2.75) is 32.4 Å². The summed E-state index contributed by atoms with van der Waals surface area (Å²) in [6.07, 6.45) is 3.31. The van der Waals surface area contributed by atoms with Gasteiger partial charge in [-0.3, -0.25) is 16.0 Å². The zero-order valence-electron chi connectivity index (χ0n) is 11.2. The highest BCUT2D eigenvalue weighted by atomic mass is 79.9. The maximum atomic E-state index is 5.71. The Bertz CT molecular complexity index is 549. The van der Waals surface area contributed by atoms with Gasteiger partial charge in [-0.05, 0) is 30.2 Å². The summed E-state index contributed by atoms with van der Waals surface area (Å²) in [6.45, 7) is 2.99. The molecule has 0 aliphatic rings. The molecule has 0 aliphatic carbocycles. The third kappa shape index (κ3) is 3.88. The van der Waals surface area contributed by atoms with Crippen molar-refractivity contribution in [2.24, 2.45) is 5.84 Å². The number of halogens is 2. The Morgan fingerprint density at radius 1 is 1.30 bits per heavy atom. The van der Waals surface area contributed by atoms with E-state index in [9.17, 15) is 0 Å². The highest BCUT2D eigenvalue weighted by Crippen LogP contribution is 2.25. The molecule has 1 aromatic carbocycles. The average Bonchev–Trinajstić information content (AvgIpc) is 2.82. The van der Waals surface area contributed by atoms with Crippen LogP contribution in [0.25, 0.3) is 0 Å². The van der Waals surface area contributed by atoms with Crippen LogP contribution in [0.15, 0.2) is 33.5 Å². The molecule has 3 N–H and O–H groups in total. The summed E-state index contributed by atoms with van der Waals surface area (Å²) in [5, 5.41) is 4.24. The second-order valence-electron chi connectivity index (χ2n) is 4.53. The maximum Gasteiger partial charge on any atom is 0.138 e.